The summed E-state index contributed by atoms with van der Waals surface area (Å²) in [5, 5.41) is 9.58. The molecule has 0 bridgehead atoms. The Morgan fingerprint density at radius 3 is 1.08 bits per heavy atom. The molecule has 1 unspecified atom stereocenters. The number of ether oxygens (including phenoxy) is 2. The van der Waals surface area contributed by atoms with Gasteiger partial charge < -0.3 is 14.6 Å². The fourth-order valence-corrected chi connectivity index (χ4v) is 6.67. The van der Waals surface area contributed by atoms with Crippen molar-refractivity contribution >= 4 is 11.9 Å². The summed E-state index contributed by atoms with van der Waals surface area (Å²) in [5.74, 6) is -0.581. The van der Waals surface area contributed by atoms with Gasteiger partial charge in [0.2, 0.25) is 0 Å². The van der Waals surface area contributed by atoms with E-state index in [1.54, 1.807) is 0 Å². The molecule has 5 heteroatoms. The van der Waals surface area contributed by atoms with Gasteiger partial charge in [0.1, 0.15) is 6.61 Å². The molecule has 0 rings (SSSR count). The third-order valence-corrected chi connectivity index (χ3v) is 10.1. The van der Waals surface area contributed by atoms with E-state index in [2.05, 4.69) is 26.0 Å². The number of hydrogen-bond acceptors (Lipinski definition) is 5. The molecule has 0 heterocycles. The summed E-state index contributed by atoms with van der Waals surface area (Å²) in [5.41, 5.74) is 0. The molecule has 0 amide bonds. The van der Waals surface area contributed by atoms with Crippen LogP contribution >= 0.6 is 0 Å². The van der Waals surface area contributed by atoms with Crippen LogP contribution < -0.4 is 0 Å². The average Bonchev–Trinajstić information content (AvgIpc) is 3.12. The third-order valence-electron chi connectivity index (χ3n) is 10.1. The van der Waals surface area contributed by atoms with Gasteiger partial charge in [0, 0.05) is 12.8 Å². The zero-order valence-corrected chi connectivity index (χ0v) is 33.7. The number of carbonyl (C=O) groups excluding carboxylic acids is 2. The Morgan fingerprint density at radius 1 is 0.440 bits per heavy atom. The van der Waals surface area contributed by atoms with Crippen LogP contribution in [-0.4, -0.2) is 36.4 Å². The molecule has 1 atom stereocenters. The summed E-state index contributed by atoms with van der Waals surface area (Å²) in [6, 6.07) is 0. The Labute approximate surface area is 311 Å². The van der Waals surface area contributed by atoms with Crippen molar-refractivity contribution in [1.82, 2.24) is 0 Å². The lowest BCUT2D eigenvalue weighted by Gasteiger charge is -2.15. The molecule has 1 N–H and O–H groups in total. The number of carbonyl (C=O) groups is 2. The Morgan fingerprint density at radius 2 is 0.740 bits per heavy atom. The molecule has 0 spiro atoms. The molecule has 0 aliphatic heterocycles. The van der Waals surface area contributed by atoms with Gasteiger partial charge in [-0.25, -0.2) is 0 Å². The first-order valence-electron chi connectivity index (χ1n) is 22.2. The van der Waals surface area contributed by atoms with E-state index in [0.29, 0.717) is 12.8 Å². The van der Waals surface area contributed by atoms with E-state index in [1.165, 1.54) is 186 Å². The van der Waals surface area contributed by atoms with Gasteiger partial charge in [-0.2, -0.15) is 0 Å². The molecular weight excluding hydrogens is 620 g/mol. The molecular formula is C45H86O5. The molecule has 0 aliphatic carbocycles. The first-order valence-corrected chi connectivity index (χ1v) is 22.2. The normalized spacial score (nSPS) is 12.1. The van der Waals surface area contributed by atoms with Gasteiger partial charge in [0.15, 0.2) is 6.10 Å². The topological polar surface area (TPSA) is 72.8 Å². The van der Waals surface area contributed by atoms with Crippen molar-refractivity contribution in [2.24, 2.45) is 0 Å². The first kappa shape index (κ1) is 48.6. The van der Waals surface area contributed by atoms with Crippen LogP contribution in [0.2, 0.25) is 0 Å². The molecule has 0 radical (unpaired) electrons. The van der Waals surface area contributed by atoms with E-state index in [4.69, 9.17) is 9.47 Å². The van der Waals surface area contributed by atoms with Gasteiger partial charge in [0.25, 0.3) is 0 Å². The highest BCUT2D eigenvalue weighted by atomic mass is 16.6. The summed E-state index contributed by atoms with van der Waals surface area (Å²) < 4.78 is 10.6. The Balaban J connectivity index is 3.49. The van der Waals surface area contributed by atoms with E-state index >= 15 is 0 Å². The molecule has 50 heavy (non-hydrogen) atoms. The van der Waals surface area contributed by atoms with Crippen LogP contribution in [0.15, 0.2) is 12.2 Å². The summed E-state index contributed by atoms with van der Waals surface area (Å²) in [7, 11) is 0. The Kier molecular flexibility index (Phi) is 40.9. The predicted octanol–water partition coefficient (Wildman–Crippen LogP) is 14.1. The molecule has 5 nitrogen and oxygen atoms in total. The van der Waals surface area contributed by atoms with Gasteiger partial charge in [-0.3, -0.25) is 9.59 Å². The molecule has 0 aliphatic rings. The van der Waals surface area contributed by atoms with Crippen LogP contribution in [0.3, 0.4) is 0 Å². The van der Waals surface area contributed by atoms with Crippen molar-refractivity contribution < 1.29 is 24.2 Å². The number of hydrogen-bond donors (Lipinski definition) is 1. The SMILES string of the molecule is CCCCCCCCC/C=C\CCCCCCCCCC(=O)OC(CO)COC(=O)CCCCCCCCCCCCCCCCCCCC. The van der Waals surface area contributed by atoms with Crippen LogP contribution in [0.5, 0.6) is 0 Å². The summed E-state index contributed by atoms with van der Waals surface area (Å²) in [6.07, 6.45) is 48.5. The summed E-state index contributed by atoms with van der Waals surface area (Å²) >= 11 is 0. The van der Waals surface area contributed by atoms with Gasteiger partial charge in [-0.15, -0.1) is 0 Å². The largest absolute Gasteiger partial charge is 0.462 e. The predicted molar refractivity (Wildman–Crippen MR) is 215 cm³/mol. The lowest BCUT2D eigenvalue weighted by Crippen LogP contribution is -2.28. The van der Waals surface area contributed by atoms with E-state index in [0.717, 1.165) is 32.1 Å². The van der Waals surface area contributed by atoms with Crippen molar-refractivity contribution in [3.8, 4) is 0 Å². The molecule has 296 valence electrons. The third kappa shape index (κ3) is 39.4. The van der Waals surface area contributed by atoms with Crippen LogP contribution in [0.1, 0.15) is 245 Å². The zero-order chi connectivity index (χ0) is 36.4. The summed E-state index contributed by atoms with van der Waals surface area (Å²) in [6.45, 7) is 4.16. The van der Waals surface area contributed by atoms with Crippen molar-refractivity contribution in [1.29, 1.82) is 0 Å². The van der Waals surface area contributed by atoms with Gasteiger partial charge in [-0.05, 0) is 38.5 Å². The minimum absolute atomic E-state index is 0.0611. The molecule has 0 fully saturated rings. The zero-order valence-electron chi connectivity index (χ0n) is 33.7. The fraction of sp³-hybridized carbons (Fsp3) is 0.911. The van der Waals surface area contributed by atoms with Crippen LogP contribution in [0, 0.1) is 0 Å². The number of aliphatic hydroxyl groups is 1. The summed E-state index contributed by atoms with van der Waals surface area (Å²) in [4.78, 5) is 24.3. The molecule has 0 aromatic carbocycles. The highest BCUT2D eigenvalue weighted by Gasteiger charge is 2.16. The highest BCUT2D eigenvalue weighted by Crippen LogP contribution is 2.16. The quantitative estimate of drug-likeness (QED) is 0.0389. The van der Waals surface area contributed by atoms with Gasteiger partial charge >= 0.3 is 11.9 Å². The molecule has 0 aromatic heterocycles. The minimum Gasteiger partial charge on any atom is -0.462 e. The highest BCUT2D eigenvalue weighted by molar-refractivity contribution is 5.70. The monoisotopic (exact) mass is 707 g/mol. The maximum Gasteiger partial charge on any atom is 0.306 e. The number of unbranched alkanes of at least 4 members (excludes halogenated alkanes) is 31. The van der Waals surface area contributed by atoms with E-state index in [9.17, 15) is 14.7 Å². The van der Waals surface area contributed by atoms with Crippen LogP contribution in [0.4, 0.5) is 0 Å². The second kappa shape index (κ2) is 42.1. The van der Waals surface area contributed by atoms with E-state index in [1.807, 2.05) is 0 Å². The number of rotatable bonds is 41. The van der Waals surface area contributed by atoms with Crippen LogP contribution in [0.25, 0.3) is 0 Å². The minimum atomic E-state index is -0.767. The number of esters is 2. The molecule has 0 aromatic rings. The standard InChI is InChI=1S/C45H86O5/c1-3-5-7-9-11-13-15-17-19-21-23-25-27-29-31-33-35-37-39-44(47)49-42-43(41-46)50-45(48)40-38-36-34-32-30-28-26-24-22-20-18-16-14-12-10-8-6-4-2/h20,22,43,46H,3-19,21,23-42H2,1-2H3/b22-20-. The second-order valence-electron chi connectivity index (χ2n) is 15.1. The second-order valence-corrected chi connectivity index (χ2v) is 15.1. The van der Waals surface area contributed by atoms with Crippen molar-refractivity contribution in [3.63, 3.8) is 0 Å². The van der Waals surface area contributed by atoms with Crippen molar-refractivity contribution in [2.45, 2.75) is 251 Å². The van der Waals surface area contributed by atoms with Gasteiger partial charge in [-0.1, -0.05) is 206 Å². The van der Waals surface area contributed by atoms with Gasteiger partial charge in [0.05, 0.1) is 6.61 Å². The fourth-order valence-electron chi connectivity index (χ4n) is 6.67. The van der Waals surface area contributed by atoms with E-state index < -0.39 is 6.10 Å². The van der Waals surface area contributed by atoms with Crippen molar-refractivity contribution in [3.05, 3.63) is 12.2 Å². The average molecular weight is 707 g/mol. The lowest BCUT2D eigenvalue weighted by atomic mass is 10.0. The maximum absolute atomic E-state index is 12.2. The molecule has 0 saturated heterocycles. The number of aliphatic hydroxyl groups excluding tert-OH is 1. The maximum atomic E-state index is 12.2. The van der Waals surface area contributed by atoms with E-state index in [-0.39, 0.29) is 25.2 Å². The smallest absolute Gasteiger partial charge is 0.306 e. The Hall–Kier alpha value is -1.36. The lowest BCUT2D eigenvalue weighted by molar-refractivity contribution is -0.161. The number of allylic oxidation sites excluding steroid dienone is 2. The van der Waals surface area contributed by atoms with Crippen molar-refractivity contribution in [2.75, 3.05) is 13.2 Å². The Bertz CT molecular complexity index is 720. The first-order chi connectivity index (χ1) is 24.6. The molecule has 0 saturated carbocycles. The van der Waals surface area contributed by atoms with Crippen LogP contribution in [-0.2, 0) is 19.1 Å².